The first kappa shape index (κ1) is 17.0. The molecule has 6 nitrogen and oxygen atoms in total. The highest BCUT2D eigenvalue weighted by molar-refractivity contribution is 7.13. The number of aliphatic hydroxyl groups is 1. The van der Waals surface area contributed by atoms with Crippen LogP contribution in [0.15, 0.2) is 4.52 Å². The molecule has 0 fully saturated rings. The Balaban J connectivity index is 0.00000137. The standard InChI is InChI=1S/C9H16N3O3P.C2H6/c1-6-7(5-13)15-12-8(6)9(14)10-3-2-4-11-16;1-2/h11,13H,2-5,16H2,1H3,(H,10,14);1-2H3. The van der Waals surface area contributed by atoms with Crippen LogP contribution in [0.4, 0.5) is 0 Å². The second-order valence-electron chi connectivity index (χ2n) is 3.30. The van der Waals surface area contributed by atoms with E-state index in [1.807, 2.05) is 13.8 Å². The Morgan fingerprint density at radius 3 is 2.61 bits per heavy atom. The Bertz CT molecular complexity index is 355. The molecule has 1 aromatic heterocycles. The fraction of sp³-hybridized carbons (Fsp3) is 0.636. The van der Waals surface area contributed by atoms with Gasteiger partial charge in [-0.2, -0.15) is 0 Å². The van der Waals surface area contributed by atoms with Crippen molar-refractivity contribution in [3.8, 4) is 0 Å². The number of carbonyl (C=O) groups excluding carboxylic acids is 1. The predicted molar refractivity (Wildman–Crippen MR) is 73.2 cm³/mol. The molecule has 0 radical (unpaired) electrons. The summed E-state index contributed by atoms with van der Waals surface area (Å²) in [4.78, 5) is 11.6. The SMILES string of the molecule is CC.Cc1c(C(=O)NCCCNP)noc1CO. The molecule has 0 aliphatic rings. The number of aliphatic hydroxyl groups excluding tert-OH is 1. The Kier molecular flexibility index (Phi) is 9.46. The molecule has 104 valence electrons. The number of hydrogen-bond acceptors (Lipinski definition) is 5. The van der Waals surface area contributed by atoms with Gasteiger partial charge in [0.15, 0.2) is 11.5 Å². The van der Waals surface area contributed by atoms with Gasteiger partial charge < -0.3 is 20.0 Å². The van der Waals surface area contributed by atoms with Gasteiger partial charge in [0, 0.05) is 18.7 Å². The maximum Gasteiger partial charge on any atom is 0.273 e. The van der Waals surface area contributed by atoms with Crippen LogP contribution in [0.1, 0.15) is 42.1 Å². The molecule has 0 aliphatic heterocycles. The molecule has 0 bridgehead atoms. The van der Waals surface area contributed by atoms with E-state index in [4.69, 9.17) is 9.63 Å². The lowest BCUT2D eigenvalue weighted by Gasteiger charge is -2.02. The van der Waals surface area contributed by atoms with Gasteiger partial charge >= 0.3 is 0 Å². The van der Waals surface area contributed by atoms with Gasteiger partial charge in [0.2, 0.25) is 0 Å². The smallest absolute Gasteiger partial charge is 0.273 e. The van der Waals surface area contributed by atoms with Crippen molar-refractivity contribution in [2.24, 2.45) is 0 Å². The van der Waals surface area contributed by atoms with Gasteiger partial charge in [-0.15, -0.1) is 0 Å². The van der Waals surface area contributed by atoms with Crippen LogP contribution in [0.5, 0.6) is 0 Å². The Labute approximate surface area is 110 Å². The second-order valence-corrected chi connectivity index (χ2v) is 3.71. The zero-order valence-corrected chi connectivity index (χ0v) is 12.3. The van der Waals surface area contributed by atoms with E-state index in [2.05, 4.69) is 25.0 Å². The molecule has 0 saturated carbocycles. The fourth-order valence-corrected chi connectivity index (χ4v) is 1.41. The van der Waals surface area contributed by atoms with Crippen molar-refractivity contribution in [1.29, 1.82) is 0 Å². The molecule has 0 aliphatic carbocycles. The maximum atomic E-state index is 11.6. The Hall–Kier alpha value is -0.970. The molecule has 1 heterocycles. The number of amides is 1. The lowest BCUT2D eigenvalue weighted by molar-refractivity contribution is 0.0943. The average molecular weight is 275 g/mol. The highest BCUT2D eigenvalue weighted by Crippen LogP contribution is 2.12. The molecule has 0 aromatic carbocycles. The first-order valence-electron chi connectivity index (χ1n) is 5.98. The van der Waals surface area contributed by atoms with Gasteiger partial charge in [-0.05, 0) is 13.3 Å². The highest BCUT2D eigenvalue weighted by Gasteiger charge is 2.17. The van der Waals surface area contributed by atoms with Crippen molar-refractivity contribution < 1.29 is 14.4 Å². The van der Waals surface area contributed by atoms with Crippen LogP contribution in [-0.2, 0) is 6.61 Å². The van der Waals surface area contributed by atoms with Gasteiger partial charge in [-0.25, -0.2) is 0 Å². The van der Waals surface area contributed by atoms with E-state index in [0.29, 0.717) is 17.9 Å². The highest BCUT2D eigenvalue weighted by atomic mass is 31.0. The number of carbonyl (C=O) groups is 1. The normalized spacial score (nSPS) is 9.61. The van der Waals surface area contributed by atoms with Crippen molar-refractivity contribution in [2.45, 2.75) is 33.8 Å². The van der Waals surface area contributed by atoms with Gasteiger partial charge in [-0.3, -0.25) is 4.79 Å². The zero-order chi connectivity index (χ0) is 14.0. The molecule has 3 N–H and O–H groups in total. The molecule has 7 heteroatoms. The van der Waals surface area contributed by atoms with E-state index < -0.39 is 0 Å². The zero-order valence-electron chi connectivity index (χ0n) is 11.1. The molecule has 1 amide bonds. The minimum atomic E-state index is -0.273. The quantitative estimate of drug-likeness (QED) is 0.532. The molecule has 0 spiro atoms. The molecule has 1 rings (SSSR count). The first-order valence-corrected chi connectivity index (χ1v) is 6.56. The topological polar surface area (TPSA) is 87.4 Å². The van der Waals surface area contributed by atoms with E-state index in [-0.39, 0.29) is 18.2 Å². The molecule has 1 unspecified atom stereocenters. The van der Waals surface area contributed by atoms with Gasteiger partial charge in [0.25, 0.3) is 5.91 Å². The van der Waals surface area contributed by atoms with Gasteiger partial charge in [0.05, 0.1) is 0 Å². The van der Waals surface area contributed by atoms with Crippen LogP contribution >= 0.6 is 9.39 Å². The minimum Gasteiger partial charge on any atom is -0.388 e. The maximum absolute atomic E-state index is 11.6. The Morgan fingerprint density at radius 1 is 1.44 bits per heavy atom. The molecular formula is C11H22N3O3P. The van der Waals surface area contributed by atoms with Crippen molar-refractivity contribution in [3.63, 3.8) is 0 Å². The summed E-state index contributed by atoms with van der Waals surface area (Å²) in [5.41, 5.74) is 0.826. The number of rotatable bonds is 6. The van der Waals surface area contributed by atoms with E-state index >= 15 is 0 Å². The summed E-state index contributed by atoms with van der Waals surface area (Å²) in [6.07, 6.45) is 0.832. The third-order valence-electron chi connectivity index (χ3n) is 2.16. The van der Waals surface area contributed by atoms with E-state index in [0.717, 1.165) is 13.0 Å². The van der Waals surface area contributed by atoms with E-state index in [9.17, 15) is 4.79 Å². The summed E-state index contributed by atoms with van der Waals surface area (Å²) in [5.74, 6) is 0.0569. The summed E-state index contributed by atoms with van der Waals surface area (Å²) in [7, 11) is 2.40. The number of hydrogen-bond donors (Lipinski definition) is 3. The lowest BCUT2D eigenvalue weighted by Crippen LogP contribution is -2.26. The number of aromatic nitrogens is 1. The number of nitrogens with one attached hydrogen (secondary N) is 2. The van der Waals surface area contributed by atoms with E-state index in [1.165, 1.54) is 0 Å². The van der Waals surface area contributed by atoms with Crippen molar-refractivity contribution in [1.82, 2.24) is 15.6 Å². The second kappa shape index (κ2) is 10.00. The number of nitrogens with zero attached hydrogens (tertiary/aromatic N) is 1. The van der Waals surface area contributed by atoms with Crippen LogP contribution < -0.4 is 10.4 Å². The van der Waals surface area contributed by atoms with Crippen LogP contribution in [0.3, 0.4) is 0 Å². The first-order chi connectivity index (χ1) is 8.70. The Morgan fingerprint density at radius 2 is 2.11 bits per heavy atom. The largest absolute Gasteiger partial charge is 0.388 e. The summed E-state index contributed by atoms with van der Waals surface area (Å²) >= 11 is 0. The third-order valence-corrected chi connectivity index (χ3v) is 2.45. The van der Waals surface area contributed by atoms with Crippen LogP contribution in [0.2, 0.25) is 0 Å². The van der Waals surface area contributed by atoms with Gasteiger partial charge in [0.1, 0.15) is 6.61 Å². The lowest BCUT2D eigenvalue weighted by atomic mass is 10.2. The summed E-state index contributed by atoms with van der Waals surface area (Å²) in [6, 6.07) is 0. The molecule has 0 saturated heterocycles. The van der Waals surface area contributed by atoms with Crippen molar-refractivity contribution in [2.75, 3.05) is 13.1 Å². The minimum absolute atomic E-state index is 0.239. The van der Waals surface area contributed by atoms with Crippen LogP contribution in [0.25, 0.3) is 0 Å². The van der Waals surface area contributed by atoms with Crippen molar-refractivity contribution >= 4 is 15.3 Å². The van der Waals surface area contributed by atoms with Crippen LogP contribution in [0, 0.1) is 6.92 Å². The summed E-state index contributed by atoms with van der Waals surface area (Å²) in [5, 5.41) is 18.1. The molecule has 18 heavy (non-hydrogen) atoms. The predicted octanol–water partition coefficient (Wildman–Crippen LogP) is 1.00. The van der Waals surface area contributed by atoms with E-state index in [1.54, 1.807) is 6.92 Å². The molecule has 1 aromatic rings. The fourth-order valence-electron chi connectivity index (χ4n) is 1.21. The summed E-state index contributed by atoms with van der Waals surface area (Å²) in [6.45, 7) is 6.83. The monoisotopic (exact) mass is 275 g/mol. The van der Waals surface area contributed by atoms with Crippen molar-refractivity contribution in [3.05, 3.63) is 17.0 Å². The van der Waals surface area contributed by atoms with Crippen LogP contribution in [-0.4, -0.2) is 29.3 Å². The third kappa shape index (κ3) is 5.12. The summed E-state index contributed by atoms with van der Waals surface area (Å²) < 4.78 is 4.82. The average Bonchev–Trinajstić information content (AvgIpc) is 2.78. The molecule has 1 atom stereocenters. The molecular weight excluding hydrogens is 253 g/mol. The van der Waals surface area contributed by atoms with Gasteiger partial charge in [-0.1, -0.05) is 28.4 Å².